The van der Waals surface area contributed by atoms with Gasteiger partial charge in [-0.2, -0.15) is 0 Å². The van der Waals surface area contributed by atoms with Crippen molar-refractivity contribution in [2.75, 3.05) is 31.1 Å². The van der Waals surface area contributed by atoms with Crippen LogP contribution in [-0.4, -0.2) is 42.1 Å². The van der Waals surface area contributed by atoms with Crippen molar-refractivity contribution in [2.45, 2.75) is 19.9 Å². The number of urea groups is 1. The second-order valence-electron chi connectivity index (χ2n) is 8.55. The molecule has 2 amide bonds. The average molecular weight is 457 g/mol. The van der Waals surface area contributed by atoms with E-state index < -0.39 is 0 Å². The molecule has 6 heteroatoms. The number of aryl methyl sites for hydroxylation is 2. The molecule has 1 aromatic heterocycles. The Morgan fingerprint density at radius 2 is 1.42 bits per heavy atom. The number of aromatic nitrogens is 1. The zero-order valence-electron chi connectivity index (χ0n) is 19.0. The van der Waals surface area contributed by atoms with Crippen molar-refractivity contribution in [1.82, 2.24) is 15.2 Å². The number of anilines is 1. The molecule has 0 spiro atoms. The van der Waals surface area contributed by atoms with E-state index in [1.807, 2.05) is 41.3 Å². The summed E-state index contributed by atoms with van der Waals surface area (Å²) in [5, 5.41) is 4.32. The molecule has 0 bridgehead atoms. The number of rotatable bonds is 4. The molecule has 3 aromatic carbocycles. The highest BCUT2D eigenvalue weighted by Crippen LogP contribution is 2.33. The van der Waals surface area contributed by atoms with Crippen LogP contribution in [0.25, 0.3) is 10.2 Å². The van der Waals surface area contributed by atoms with Gasteiger partial charge in [0.1, 0.15) is 0 Å². The summed E-state index contributed by atoms with van der Waals surface area (Å²) in [5.74, 6) is 0. The third kappa shape index (κ3) is 4.44. The van der Waals surface area contributed by atoms with E-state index in [0.29, 0.717) is 13.1 Å². The van der Waals surface area contributed by atoms with E-state index in [-0.39, 0.29) is 12.1 Å². The predicted molar refractivity (Wildman–Crippen MR) is 136 cm³/mol. The van der Waals surface area contributed by atoms with Gasteiger partial charge in [0.25, 0.3) is 0 Å². The molecule has 4 aromatic rings. The smallest absolute Gasteiger partial charge is 0.318 e. The average Bonchev–Trinajstić information content (AvgIpc) is 3.33. The first-order valence-corrected chi connectivity index (χ1v) is 12.2. The first-order chi connectivity index (χ1) is 16.1. The van der Waals surface area contributed by atoms with Gasteiger partial charge in [0.05, 0.1) is 16.3 Å². The fraction of sp³-hybridized carbons (Fsp3) is 0.259. The molecule has 168 valence electrons. The number of nitrogens with one attached hydrogen (secondary N) is 1. The second-order valence-corrected chi connectivity index (χ2v) is 9.53. The van der Waals surface area contributed by atoms with Crippen molar-refractivity contribution < 1.29 is 4.79 Å². The number of carbonyl (C=O) groups excluding carboxylic acids is 1. The SMILES string of the molecule is Cc1ccc(C)c2sc(N3CCN(C(=O)NC(c4ccccc4)c4ccccc4)CC3)nc12. The lowest BCUT2D eigenvalue weighted by molar-refractivity contribution is 0.192. The fourth-order valence-electron chi connectivity index (χ4n) is 4.35. The topological polar surface area (TPSA) is 48.5 Å². The van der Waals surface area contributed by atoms with Crippen LogP contribution in [0.15, 0.2) is 72.8 Å². The molecule has 5 nitrogen and oxygen atoms in total. The van der Waals surface area contributed by atoms with Crippen LogP contribution in [0.2, 0.25) is 0 Å². The van der Waals surface area contributed by atoms with E-state index in [1.54, 1.807) is 11.3 Å². The van der Waals surface area contributed by atoms with Crippen LogP contribution in [0.3, 0.4) is 0 Å². The summed E-state index contributed by atoms with van der Waals surface area (Å²) >= 11 is 1.76. The molecule has 33 heavy (non-hydrogen) atoms. The van der Waals surface area contributed by atoms with Gasteiger partial charge in [0, 0.05) is 26.2 Å². The number of hydrogen-bond acceptors (Lipinski definition) is 4. The van der Waals surface area contributed by atoms with E-state index in [0.717, 1.165) is 34.9 Å². The number of thiazole rings is 1. The number of carbonyl (C=O) groups is 1. The van der Waals surface area contributed by atoms with Gasteiger partial charge in [0.2, 0.25) is 0 Å². The number of hydrogen-bond donors (Lipinski definition) is 1. The van der Waals surface area contributed by atoms with Gasteiger partial charge in [-0.05, 0) is 36.1 Å². The molecule has 1 N–H and O–H groups in total. The Balaban J connectivity index is 1.28. The second kappa shape index (κ2) is 9.24. The third-order valence-electron chi connectivity index (χ3n) is 6.30. The Labute approximate surface area is 198 Å². The molecule has 0 saturated carbocycles. The Kier molecular flexibility index (Phi) is 6.01. The molecular formula is C27H28N4OS. The van der Waals surface area contributed by atoms with E-state index >= 15 is 0 Å². The fourth-order valence-corrected chi connectivity index (χ4v) is 5.51. The van der Waals surface area contributed by atoms with Crippen LogP contribution in [0.5, 0.6) is 0 Å². The Hall–Kier alpha value is -3.38. The van der Waals surface area contributed by atoms with Gasteiger partial charge >= 0.3 is 6.03 Å². The van der Waals surface area contributed by atoms with Crippen molar-refractivity contribution in [3.05, 3.63) is 95.1 Å². The third-order valence-corrected chi connectivity index (χ3v) is 7.55. The quantitative estimate of drug-likeness (QED) is 0.439. The van der Waals surface area contributed by atoms with Gasteiger partial charge in [-0.15, -0.1) is 0 Å². The van der Waals surface area contributed by atoms with E-state index in [1.165, 1.54) is 15.8 Å². The molecule has 1 saturated heterocycles. The highest BCUT2D eigenvalue weighted by Gasteiger charge is 2.26. The van der Waals surface area contributed by atoms with E-state index in [9.17, 15) is 4.79 Å². The lowest BCUT2D eigenvalue weighted by Gasteiger charge is -2.35. The summed E-state index contributed by atoms with van der Waals surface area (Å²) in [6.45, 7) is 7.18. The maximum absolute atomic E-state index is 13.2. The van der Waals surface area contributed by atoms with Crippen LogP contribution >= 0.6 is 11.3 Å². The van der Waals surface area contributed by atoms with Gasteiger partial charge in [-0.25, -0.2) is 9.78 Å². The van der Waals surface area contributed by atoms with Crippen molar-refractivity contribution in [3.8, 4) is 0 Å². The van der Waals surface area contributed by atoms with Crippen LogP contribution in [-0.2, 0) is 0 Å². The predicted octanol–water partition coefficient (Wildman–Crippen LogP) is 5.53. The number of piperazine rings is 1. The lowest BCUT2D eigenvalue weighted by Crippen LogP contribution is -2.52. The molecule has 0 atom stereocenters. The Morgan fingerprint density at radius 1 is 0.848 bits per heavy atom. The number of amides is 2. The summed E-state index contributed by atoms with van der Waals surface area (Å²) in [5.41, 5.74) is 5.74. The van der Waals surface area contributed by atoms with Crippen molar-refractivity contribution in [2.24, 2.45) is 0 Å². The Bertz CT molecular complexity index is 1170. The molecule has 0 unspecified atom stereocenters. The van der Waals surface area contributed by atoms with Crippen LogP contribution in [0.1, 0.15) is 28.3 Å². The van der Waals surface area contributed by atoms with E-state index in [2.05, 4.69) is 60.5 Å². The normalized spacial score (nSPS) is 14.2. The first-order valence-electron chi connectivity index (χ1n) is 11.4. The summed E-state index contributed by atoms with van der Waals surface area (Å²) in [4.78, 5) is 22.4. The summed E-state index contributed by atoms with van der Waals surface area (Å²) in [6.07, 6.45) is 0. The standard InChI is InChI=1S/C27H28N4OS/c1-19-13-14-20(2)25-23(19)29-27(33-25)31-17-15-30(16-18-31)26(32)28-24(21-9-5-3-6-10-21)22-11-7-4-8-12-22/h3-14,24H,15-18H2,1-2H3,(H,28,32). The van der Waals surface area contributed by atoms with Crippen LogP contribution in [0, 0.1) is 13.8 Å². The highest BCUT2D eigenvalue weighted by atomic mass is 32.1. The number of nitrogens with zero attached hydrogens (tertiary/aromatic N) is 3. The molecule has 1 fully saturated rings. The highest BCUT2D eigenvalue weighted by molar-refractivity contribution is 7.22. The molecule has 1 aliphatic heterocycles. The summed E-state index contributed by atoms with van der Waals surface area (Å²) < 4.78 is 1.26. The van der Waals surface area contributed by atoms with Crippen LogP contribution < -0.4 is 10.2 Å². The molecule has 0 aliphatic carbocycles. The minimum absolute atomic E-state index is 0.0247. The minimum Gasteiger partial charge on any atom is -0.345 e. The lowest BCUT2D eigenvalue weighted by atomic mass is 9.99. The summed E-state index contributed by atoms with van der Waals surface area (Å²) in [7, 11) is 0. The van der Waals surface area contributed by atoms with Crippen molar-refractivity contribution in [3.63, 3.8) is 0 Å². The maximum Gasteiger partial charge on any atom is 0.318 e. The van der Waals surface area contributed by atoms with Crippen molar-refractivity contribution in [1.29, 1.82) is 0 Å². The van der Waals surface area contributed by atoms with Gasteiger partial charge in [0.15, 0.2) is 5.13 Å². The van der Waals surface area contributed by atoms with E-state index in [4.69, 9.17) is 4.98 Å². The molecule has 2 heterocycles. The van der Waals surface area contributed by atoms with Gasteiger partial charge in [-0.1, -0.05) is 84.1 Å². The first kappa shape index (κ1) is 21.5. The van der Waals surface area contributed by atoms with Gasteiger partial charge < -0.3 is 15.1 Å². The van der Waals surface area contributed by atoms with Crippen molar-refractivity contribution >= 4 is 32.7 Å². The monoisotopic (exact) mass is 456 g/mol. The minimum atomic E-state index is -0.173. The number of benzene rings is 3. The molecule has 1 aliphatic rings. The largest absolute Gasteiger partial charge is 0.345 e. The molecule has 0 radical (unpaired) electrons. The van der Waals surface area contributed by atoms with Gasteiger partial charge in [-0.3, -0.25) is 0 Å². The summed E-state index contributed by atoms with van der Waals surface area (Å²) in [6, 6.07) is 24.4. The zero-order valence-corrected chi connectivity index (χ0v) is 19.8. The number of fused-ring (bicyclic) bond motifs is 1. The Morgan fingerprint density at radius 3 is 2.00 bits per heavy atom. The molecule has 5 rings (SSSR count). The maximum atomic E-state index is 13.2. The zero-order chi connectivity index (χ0) is 22.8. The molecular weight excluding hydrogens is 428 g/mol. The van der Waals surface area contributed by atoms with Crippen LogP contribution in [0.4, 0.5) is 9.93 Å².